The molecule has 1 aliphatic rings. The first-order valence-electron chi connectivity index (χ1n) is 5.74. The van der Waals surface area contributed by atoms with Crippen molar-refractivity contribution in [3.8, 4) is 0 Å². The Kier molecular flexibility index (Phi) is 4.92. The van der Waals surface area contributed by atoms with Gasteiger partial charge in [0.1, 0.15) is 0 Å². The second kappa shape index (κ2) is 5.50. The van der Waals surface area contributed by atoms with Gasteiger partial charge in [-0.25, -0.2) is 0 Å². The van der Waals surface area contributed by atoms with Crippen LogP contribution in [-0.4, -0.2) is 17.5 Å². The van der Waals surface area contributed by atoms with Gasteiger partial charge >= 0.3 is 0 Å². The van der Waals surface area contributed by atoms with Crippen molar-refractivity contribution in [3.05, 3.63) is 0 Å². The molecule has 0 aromatic rings. The van der Waals surface area contributed by atoms with Crippen molar-refractivity contribution in [2.24, 2.45) is 5.92 Å². The van der Waals surface area contributed by atoms with E-state index in [-0.39, 0.29) is 5.60 Å². The van der Waals surface area contributed by atoms with E-state index in [0.717, 1.165) is 5.92 Å². The van der Waals surface area contributed by atoms with Gasteiger partial charge in [0.25, 0.3) is 0 Å². The molecule has 2 unspecified atom stereocenters. The fourth-order valence-corrected chi connectivity index (χ4v) is 3.06. The van der Waals surface area contributed by atoms with E-state index in [9.17, 15) is 0 Å². The summed E-state index contributed by atoms with van der Waals surface area (Å²) in [5.74, 6) is 0.799. The molecule has 2 atom stereocenters. The minimum atomic E-state index is 0.0427. The van der Waals surface area contributed by atoms with Crippen molar-refractivity contribution < 1.29 is 4.74 Å². The second-order valence-corrected chi connectivity index (χ2v) is 6.26. The molecule has 1 nitrogen and oxygen atoms in total. The Bertz CT molecular complexity index is 168. The van der Waals surface area contributed by atoms with Crippen molar-refractivity contribution >= 4 is 15.9 Å². The molecule has 14 heavy (non-hydrogen) atoms. The Labute approximate surface area is 96.7 Å². The van der Waals surface area contributed by atoms with Crippen LogP contribution in [0.2, 0.25) is 0 Å². The van der Waals surface area contributed by atoms with Crippen molar-refractivity contribution in [2.75, 3.05) is 7.11 Å². The van der Waals surface area contributed by atoms with E-state index in [1.165, 1.54) is 38.5 Å². The third-order valence-electron chi connectivity index (χ3n) is 3.37. The molecule has 0 aromatic heterocycles. The largest absolute Gasteiger partial charge is 0.379 e. The Morgan fingerprint density at radius 1 is 1.21 bits per heavy atom. The van der Waals surface area contributed by atoms with Gasteiger partial charge in [-0.1, -0.05) is 35.2 Å². The quantitative estimate of drug-likeness (QED) is 0.549. The Balaban J connectivity index is 2.48. The molecule has 0 spiro atoms. The molecule has 1 rings (SSSR count). The normalized spacial score (nSPS) is 30.0. The molecule has 2 heteroatoms. The van der Waals surface area contributed by atoms with E-state index in [1.54, 1.807) is 0 Å². The summed E-state index contributed by atoms with van der Waals surface area (Å²) in [6.07, 6.45) is 8.07. The van der Waals surface area contributed by atoms with Gasteiger partial charge in [-0.05, 0) is 39.0 Å². The highest BCUT2D eigenvalue weighted by molar-refractivity contribution is 9.09. The van der Waals surface area contributed by atoms with Gasteiger partial charge in [0, 0.05) is 11.9 Å². The smallest absolute Gasteiger partial charge is 0.0625 e. The van der Waals surface area contributed by atoms with E-state index >= 15 is 0 Å². The molecule has 0 radical (unpaired) electrons. The zero-order valence-corrected chi connectivity index (χ0v) is 11.3. The molecule has 0 saturated heterocycles. The minimum absolute atomic E-state index is 0.0427. The van der Waals surface area contributed by atoms with E-state index in [2.05, 4.69) is 29.8 Å². The predicted molar refractivity (Wildman–Crippen MR) is 65.0 cm³/mol. The molecule has 0 aromatic carbocycles. The summed E-state index contributed by atoms with van der Waals surface area (Å²) in [6, 6.07) is 0. The van der Waals surface area contributed by atoms with Crippen molar-refractivity contribution in [1.82, 2.24) is 0 Å². The van der Waals surface area contributed by atoms with Crippen molar-refractivity contribution in [2.45, 2.75) is 62.8 Å². The molecule has 0 bridgehead atoms. The molecule has 0 amide bonds. The first-order valence-corrected chi connectivity index (χ1v) is 6.66. The van der Waals surface area contributed by atoms with Crippen LogP contribution in [-0.2, 0) is 4.74 Å². The maximum Gasteiger partial charge on any atom is 0.0625 e. The Morgan fingerprint density at radius 3 is 2.50 bits per heavy atom. The number of hydrogen-bond acceptors (Lipinski definition) is 1. The zero-order valence-electron chi connectivity index (χ0n) is 9.68. The third kappa shape index (κ3) is 3.90. The van der Waals surface area contributed by atoms with Crippen LogP contribution in [0.15, 0.2) is 0 Å². The highest BCUT2D eigenvalue weighted by atomic mass is 79.9. The maximum atomic E-state index is 5.51. The number of ether oxygens (including phenoxy) is 1. The lowest BCUT2D eigenvalue weighted by molar-refractivity contribution is 0.00114. The first-order chi connectivity index (χ1) is 6.55. The second-order valence-electron chi connectivity index (χ2n) is 5.08. The lowest BCUT2D eigenvalue weighted by atomic mass is 9.88. The molecule has 1 saturated carbocycles. The SMILES string of the molecule is COC(C)(C)CC1CCCCCC1Br. The van der Waals surface area contributed by atoms with Crippen molar-refractivity contribution in [3.63, 3.8) is 0 Å². The fourth-order valence-electron chi connectivity index (χ4n) is 2.28. The number of methoxy groups -OCH3 is 1. The van der Waals surface area contributed by atoms with Gasteiger partial charge < -0.3 is 4.74 Å². The third-order valence-corrected chi connectivity index (χ3v) is 4.58. The van der Waals surface area contributed by atoms with Crippen LogP contribution in [0, 0.1) is 5.92 Å². The van der Waals surface area contributed by atoms with Crippen LogP contribution in [0.25, 0.3) is 0 Å². The summed E-state index contributed by atoms with van der Waals surface area (Å²) in [6.45, 7) is 4.38. The summed E-state index contributed by atoms with van der Waals surface area (Å²) < 4.78 is 5.51. The van der Waals surface area contributed by atoms with E-state index < -0.39 is 0 Å². The first kappa shape index (κ1) is 12.5. The number of hydrogen-bond donors (Lipinski definition) is 0. The number of alkyl halides is 1. The van der Waals surface area contributed by atoms with Crippen LogP contribution in [0.5, 0.6) is 0 Å². The van der Waals surface area contributed by atoms with Gasteiger partial charge in [-0.15, -0.1) is 0 Å². The molecular weight excluding hydrogens is 240 g/mol. The molecule has 1 aliphatic carbocycles. The number of halogens is 1. The van der Waals surface area contributed by atoms with Gasteiger partial charge in [0.15, 0.2) is 0 Å². The molecular formula is C12H23BrO. The summed E-state index contributed by atoms with van der Waals surface area (Å²) in [4.78, 5) is 0.708. The molecule has 0 aliphatic heterocycles. The topological polar surface area (TPSA) is 9.23 Å². The lowest BCUT2D eigenvalue weighted by Crippen LogP contribution is -2.29. The van der Waals surface area contributed by atoms with Crippen LogP contribution in [0.1, 0.15) is 52.4 Å². The zero-order chi connectivity index (χ0) is 10.6. The van der Waals surface area contributed by atoms with E-state index in [4.69, 9.17) is 4.74 Å². The Hall–Kier alpha value is 0.440. The number of rotatable bonds is 3. The highest BCUT2D eigenvalue weighted by Crippen LogP contribution is 2.34. The summed E-state index contributed by atoms with van der Waals surface area (Å²) in [7, 11) is 1.82. The Morgan fingerprint density at radius 2 is 1.86 bits per heavy atom. The van der Waals surface area contributed by atoms with Crippen LogP contribution >= 0.6 is 15.9 Å². The van der Waals surface area contributed by atoms with Crippen molar-refractivity contribution in [1.29, 1.82) is 0 Å². The molecule has 1 fully saturated rings. The van der Waals surface area contributed by atoms with Gasteiger partial charge in [-0.2, -0.15) is 0 Å². The fraction of sp³-hybridized carbons (Fsp3) is 1.00. The van der Waals surface area contributed by atoms with Gasteiger partial charge in [-0.3, -0.25) is 0 Å². The lowest BCUT2D eigenvalue weighted by Gasteiger charge is -2.30. The summed E-state index contributed by atoms with van der Waals surface area (Å²) in [5, 5.41) is 0. The predicted octanol–water partition coefficient (Wildman–Crippen LogP) is 4.15. The summed E-state index contributed by atoms with van der Waals surface area (Å²) >= 11 is 3.83. The van der Waals surface area contributed by atoms with Crippen LogP contribution in [0.3, 0.4) is 0 Å². The maximum absolute atomic E-state index is 5.51. The average molecular weight is 263 g/mol. The van der Waals surface area contributed by atoms with Crippen LogP contribution in [0.4, 0.5) is 0 Å². The van der Waals surface area contributed by atoms with E-state index in [1.807, 2.05) is 7.11 Å². The monoisotopic (exact) mass is 262 g/mol. The molecule has 84 valence electrons. The van der Waals surface area contributed by atoms with Gasteiger partial charge in [0.05, 0.1) is 5.60 Å². The standard InChI is InChI=1S/C12H23BrO/c1-12(2,14-3)9-10-7-5-4-6-8-11(10)13/h10-11H,4-9H2,1-3H3. The van der Waals surface area contributed by atoms with E-state index in [0.29, 0.717) is 4.83 Å². The highest BCUT2D eigenvalue weighted by Gasteiger charge is 2.28. The van der Waals surface area contributed by atoms with Gasteiger partial charge in [0.2, 0.25) is 0 Å². The van der Waals surface area contributed by atoms with Crippen LogP contribution < -0.4 is 0 Å². The average Bonchev–Trinajstić information content (AvgIpc) is 2.32. The summed E-state index contributed by atoms with van der Waals surface area (Å²) in [5.41, 5.74) is 0.0427. The minimum Gasteiger partial charge on any atom is -0.379 e. The molecule has 0 N–H and O–H groups in total. The molecule has 0 heterocycles.